The summed E-state index contributed by atoms with van der Waals surface area (Å²) in [5, 5.41) is 0. The normalized spacial score (nSPS) is 19.8. The Labute approximate surface area is 205 Å². The van der Waals surface area contributed by atoms with E-state index in [4.69, 9.17) is 0 Å². The SMILES string of the molecule is Cc1cc2c(cc1C)C1CC(C2=O)c2cc(OS(=O)(=O)C(F)(F)F)c(OS(=O)(=O)C(F)(F)F)cc2C1=O. The number of halogens is 6. The summed E-state index contributed by atoms with van der Waals surface area (Å²) in [6, 6.07) is 3.85. The van der Waals surface area contributed by atoms with Crippen LogP contribution in [0.3, 0.4) is 0 Å². The molecule has 0 fully saturated rings. The van der Waals surface area contributed by atoms with Crippen molar-refractivity contribution in [1.82, 2.24) is 0 Å². The minimum atomic E-state index is -6.53. The molecule has 2 aromatic carbocycles. The molecule has 0 saturated heterocycles. The van der Waals surface area contributed by atoms with Crippen LogP contribution < -0.4 is 8.37 Å². The Morgan fingerprint density at radius 1 is 0.676 bits per heavy atom. The van der Waals surface area contributed by atoms with E-state index in [1.807, 2.05) is 0 Å². The highest BCUT2D eigenvalue weighted by atomic mass is 32.2. The van der Waals surface area contributed by atoms with E-state index in [0.717, 1.165) is 5.56 Å². The topological polar surface area (TPSA) is 121 Å². The molecule has 0 saturated carbocycles. The van der Waals surface area contributed by atoms with Gasteiger partial charge in [0.1, 0.15) is 0 Å². The summed E-state index contributed by atoms with van der Waals surface area (Å²) in [7, 11) is -13.1. The minimum absolute atomic E-state index is 0.147. The third kappa shape index (κ3) is 4.35. The highest BCUT2D eigenvalue weighted by molar-refractivity contribution is 7.88. The fourth-order valence-electron chi connectivity index (χ4n) is 4.24. The second-order valence-electron chi connectivity index (χ2n) is 8.45. The van der Waals surface area contributed by atoms with E-state index in [1.165, 1.54) is 6.07 Å². The fourth-order valence-corrected chi connectivity index (χ4v) is 5.16. The van der Waals surface area contributed by atoms with Crippen LogP contribution in [0.1, 0.15) is 61.2 Å². The average Bonchev–Trinajstić information content (AvgIpc) is 2.74. The number of hydrogen-bond acceptors (Lipinski definition) is 8. The number of aryl methyl sites for hydroxylation is 2. The molecule has 0 spiro atoms. The summed E-state index contributed by atoms with van der Waals surface area (Å²) in [5.41, 5.74) is -11.1. The van der Waals surface area contributed by atoms with Gasteiger partial charge in [-0.2, -0.15) is 43.2 Å². The molecular formula is C21H14F6O8S2. The summed E-state index contributed by atoms with van der Waals surface area (Å²) in [4.78, 5) is 26.5. The Hall–Kier alpha value is -3.14. The van der Waals surface area contributed by atoms with Crippen LogP contribution in [-0.2, 0) is 20.2 Å². The molecule has 2 aliphatic rings. The second kappa shape index (κ2) is 8.18. The van der Waals surface area contributed by atoms with Gasteiger partial charge in [-0.1, -0.05) is 6.07 Å². The van der Waals surface area contributed by atoms with Crippen molar-refractivity contribution in [2.45, 2.75) is 43.1 Å². The summed E-state index contributed by atoms with van der Waals surface area (Å²) >= 11 is 0. The monoisotopic (exact) mass is 572 g/mol. The van der Waals surface area contributed by atoms with Gasteiger partial charge in [-0.15, -0.1) is 0 Å². The summed E-state index contributed by atoms with van der Waals surface area (Å²) in [6.45, 7) is 3.41. The number of rotatable bonds is 4. The first-order valence-corrected chi connectivity index (χ1v) is 13.0. The first-order valence-electron chi connectivity index (χ1n) is 10.1. The van der Waals surface area contributed by atoms with E-state index < -0.39 is 71.7 Å². The van der Waals surface area contributed by atoms with Gasteiger partial charge in [-0.3, -0.25) is 9.59 Å². The highest BCUT2D eigenvalue weighted by Gasteiger charge is 2.52. The maximum absolute atomic E-state index is 13.3. The van der Waals surface area contributed by atoms with Crippen molar-refractivity contribution in [2.24, 2.45) is 0 Å². The van der Waals surface area contributed by atoms with Crippen LogP contribution in [0.15, 0.2) is 24.3 Å². The smallest absolute Gasteiger partial charge is 0.372 e. The fraction of sp³-hybridized carbons (Fsp3) is 0.333. The maximum atomic E-state index is 13.3. The van der Waals surface area contributed by atoms with Gasteiger partial charge in [0, 0.05) is 23.0 Å². The van der Waals surface area contributed by atoms with Gasteiger partial charge in [-0.05, 0) is 60.7 Å². The molecule has 4 rings (SSSR count). The molecular weight excluding hydrogens is 558 g/mol. The number of hydrogen-bond donors (Lipinski definition) is 0. The number of fused-ring (bicyclic) bond motifs is 6. The lowest BCUT2D eigenvalue weighted by Gasteiger charge is -2.36. The molecule has 0 aliphatic heterocycles. The zero-order valence-corrected chi connectivity index (χ0v) is 20.2. The lowest BCUT2D eigenvalue weighted by Crippen LogP contribution is -2.35. The molecule has 0 aromatic heterocycles. The highest BCUT2D eigenvalue weighted by Crippen LogP contribution is 2.50. The van der Waals surface area contributed by atoms with Crippen LogP contribution in [-0.4, -0.2) is 39.4 Å². The lowest BCUT2D eigenvalue weighted by molar-refractivity contribution is -0.0513. The standard InChI is InChI=1S/C21H14F6O8S2/c1-8-3-10-12(4-9(8)2)18(28)14-5-13(10)19(29)15-7-17(35-37(32,33)21(25,26)27)16(6-11(14)15)34-36(30,31)20(22,23)24/h3-4,6-7,13-14H,5H2,1-2H3. The van der Waals surface area contributed by atoms with E-state index in [-0.39, 0.29) is 17.5 Å². The molecule has 2 unspecified atom stereocenters. The largest absolute Gasteiger partial charge is 0.534 e. The predicted octanol–water partition coefficient (Wildman–Crippen LogP) is 4.41. The van der Waals surface area contributed by atoms with Crippen molar-refractivity contribution >= 4 is 31.8 Å². The number of carbonyl (C=O) groups excluding carboxylic acids is 2. The summed E-state index contributed by atoms with van der Waals surface area (Å²) < 4.78 is 132. The molecule has 2 aliphatic carbocycles. The number of carbonyl (C=O) groups is 2. The van der Waals surface area contributed by atoms with Crippen molar-refractivity contribution in [3.8, 4) is 11.5 Å². The molecule has 0 N–H and O–H groups in total. The molecule has 2 atom stereocenters. The van der Waals surface area contributed by atoms with Crippen LogP contribution in [0.25, 0.3) is 0 Å². The second-order valence-corrected chi connectivity index (χ2v) is 11.5. The van der Waals surface area contributed by atoms with Gasteiger partial charge in [0.05, 0.1) is 0 Å². The van der Waals surface area contributed by atoms with Crippen molar-refractivity contribution in [3.05, 3.63) is 57.6 Å². The van der Waals surface area contributed by atoms with Gasteiger partial charge < -0.3 is 8.37 Å². The van der Waals surface area contributed by atoms with Crippen LogP contribution in [0.2, 0.25) is 0 Å². The zero-order chi connectivity index (χ0) is 27.9. The van der Waals surface area contributed by atoms with Crippen LogP contribution in [0, 0.1) is 13.8 Å². The van der Waals surface area contributed by atoms with Gasteiger partial charge in [0.15, 0.2) is 23.1 Å². The molecule has 0 heterocycles. The first kappa shape index (κ1) is 26.9. The van der Waals surface area contributed by atoms with Crippen molar-refractivity contribution in [1.29, 1.82) is 0 Å². The number of alkyl halides is 6. The first-order chi connectivity index (χ1) is 16.7. The molecule has 0 radical (unpaired) electrons. The van der Waals surface area contributed by atoms with Gasteiger partial charge in [0.2, 0.25) is 0 Å². The summed E-state index contributed by atoms with van der Waals surface area (Å²) in [5.74, 6) is -6.80. The zero-order valence-electron chi connectivity index (χ0n) is 18.5. The summed E-state index contributed by atoms with van der Waals surface area (Å²) in [6.07, 6.45) is -0.160. The third-order valence-electron chi connectivity index (χ3n) is 6.13. The predicted molar refractivity (Wildman–Crippen MR) is 112 cm³/mol. The van der Waals surface area contributed by atoms with E-state index >= 15 is 0 Å². The Morgan fingerprint density at radius 2 is 1.05 bits per heavy atom. The molecule has 8 nitrogen and oxygen atoms in total. The van der Waals surface area contributed by atoms with E-state index in [0.29, 0.717) is 23.3 Å². The number of benzene rings is 2. The Bertz CT molecular complexity index is 1570. The van der Waals surface area contributed by atoms with Crippen molar-refractivity contribution < 1.29 is 61.1 Å². The van der Waals surface area contributed by atoms with Crippen molar-refractivity contribution in [3.63, 3.8) is 0 Å². The van der Waals surface area contributed by atoms with Crippen LogP contribution >= 0.6 is 0 Å². The minimum Gasteiger partial charge on any atom is -0.372 e. The van der Waals surface area contributed by atoms with Crippen molar-refractivity contribution in [2.75, 3.05) is 0 Å². The van der Waals surface area contributed by atoms with Crippen LogP contribution in [0.5, 0.6) is 11.5 Å². The van der Waals surface area contributed by atoms with Gasteiger partial charge >= 0.3 is 31.3 Å². The van der Waals surface area contributed by atoms with E-state index in [2.05, 4.69) is 8.37 Å². The molecule has 200 valence electrons. The lowest BCUT2D eigenvalue weighted by atomic mass is 9.65. The van der Waals surface area contributed by atoms with Gasteiger partial charge in [-0.25, -0.2) is 0 Å². The molecule has 37 heavy (non-hydrogen) atoms. The molecule has 2 aromatic rings. The molecule has 2 bridgehead atoms. The van der Waals surface area contributed by atoms with E-state index in [9.17, 15) is 52.8 Å². The molecule has 16 heteroatoms. The number of Topliss-reactive ketones (excluding diaryl/α,β-unsaturated/α-hetero) is 2. The maximum Gasteiger partial charge on any atom is 0.534 e. The molecule has 0 amide bonds. The Balaban J connectivity index is 1.94. The average molecular weight is 572 g/mol. The van der Waals surface area contributed by atoms with E-state index in [1.54, 1.807) is 19.9 Å². The Morgan fingerprint density at radius 3 is 1.51 bits per heavy atom. The Kier molecular flexibility index (Phi) is 5.95. The van der Waals surface area contributed by atoms with Crippen LogP contribution in [0.4, 0.5) is 26.3 Å². The quantitative estimate of drug-likeness (QED) is 0.300. The van der Waals surface area contributed by atoms with Gasteiger partial charge in [0.25, 0.3) is 0 Å². The number of ketones is 2. The third-order valence-corrected chi connectivity index (χ3v) is 8.07.